The number of aromatic nitrogens is 1. The monoisotopic (exact) mass is 316 g/mol. The van der Waals surface area contributed by atoms with E-state index in [1.54, 1.807) is 0 Å². The fraction of sp³-hybridized carbons (Fsp3) is 0.667. The van der Waals surface area contributed by atoms with E-state index < -0.39 is 10.4 Å². The molecule has 1 heterocycles. The van der Waals surface area contributed by atoms with E-state index in [2.05, 4.69) is 21.1 Å². The van der Waals surface area contributed by atoms with E-state index in [4.69, 9.17) is 4.55 Å². The highest BCUT2D eigenvalue weighted by Gasteiger charge is 2.02. The van der Waals surface area contributed by atoms with Crippen LogP contribution in [0.2, 0.25) is 0 Å². The van der Waals surface area contributed by atoms with E-state index in [-0.39, 0.29) is 6.61 Å². The molecule has 1 aromatic rings. The third-order valence-electron chi connectivity index (χ3n) is 3.32. The Morgan fingerprint density at radius 1 is 0.810 bits per heavy atom. The summed E-state index contributed by atoms with van der Waals surface area (Å²) in [6.45, 7) is 1.15. The average molecular weight is 316 g/mol. The molecular weight excluding hydrogens is 290 g/mol. The molecule has 0 spiro atoms. The molecular formula is C15H26NO4S+. The van der Waals surface area contributed by atoms with Crippen LogP contribution in [-0.4, -0.2) is 19.6 Å². The molecule has 0 aromatic carbocycles. The van der Waals surface area contributed by atoms with Crippen LogP contribution in [0.15, 0.2) is 30.6 Å². The van der Waals surface area contributed by atoms with Crippen LogP contribution in [0.5, 0.6) is 0 Å². The highest BCUT2D eigenvalue weighted by molar-refractivity contribution is 7.80. The van der Waals surface area contributed by atoms with Crippen molar-refractivity contribution < 1.29 is 21.7 Å². The topological polar surface area (TPSA) is 67.5 Å². The second-order valence-electron chi connectivity index (χ2n) is 5.19. The van der Waals surface area contributed by atoms with Crippen molar-refractivity contribution in [2.24, 2.45) is 0 Å². The third kappa shape index (κ3) is 11.4. The van der Waals surface area contributed by atoms with Gasteiger partial charge in [0, 0.05) is 18.6 Å². The Hall–Kier alpha value is -0.980. The Labute approximate surface area is 127 Å². The van der Waals surface area contributed by atoms with Crippen molar-refractivity contribution in [2.75, 3.05) is 6.61 Å². The summed E-state index contributed by atoms with van der Waals surface area (Å²) < 4.78 is 35.4. The molecule has 0 saturated carbocycles. The highest BCUT2D eigenvalue weighted by Crippen LogP contribution is 2.09. The quantitative estimate of drug-likeness (QED) is 0.366. The Morgan fingerprint density at radius 2 is 1.33 bits per heavy atom. The summed E-state index contributed by atoms with van der Waals surface area (Å²) in [5.41, 5.74) is 0. The van der Waals surface area contributed by atoms with Gasteiger partial charge in [0.25, 0.3) is 0 Å². The van der Waals surface area contributed by atoms with Gasteiger partial charge in [0.05, 0.1) is 6.61 Å². The molecule has 0 unspecified atom stereocenters. The van der Waals surface area contributed by atoms with Gasteiger partial charge in [-0.25, -0.2) is 8.75 Å². The zero-order valence-electron chi connectivity index (χ0n) is 12.5. The molecule has 120 valence electrons. The molecule has 1 aromatic heterocycles. The number of nitrogens with zero attached hydrogens (tertiary/aromatic N) is 1. The molecule has 0 amide bonds. The van der Waals surface area contributed by atoms with E-state index in [1.165, 1.54) is 32.1 Å². The maximum atomic E-state index is 10.3. The summed E-state index contributed by atoms with van der Waals surface area (Å²) in [6.07, 6.45) is 13.0. The minimum atomic E-state index is -4.26. The number of unbranched alkanes of at least 4 members (excludes halogenated alkanes) is 7. The van der Waals surface area contributed by atoms with E-state index in [9.17, 15) is 8.42 Å². The van der Waals surface area contributed by atoms with Gasteiger partial charge in [-0.3, -0.25) is 4.55 Å². The Morgan fingerprint density at radius 3 is 1.90 bits per heavy atom. The van der Waals surface area contributed by atoms with E-state index in [1.807, 2.05) is 18.2 Å². The van der Waals surface area contributed by atoms with Crippen molar-refractivity contribution in [1.82, 2.24) is 0 Å². The van der Waals surface area contributed by atoms with E-state index in [0.29, 0.717) is 6.42 Å². The molecule has 5 nitrogen and oxygen atoms in total. The first-order chi connectivity index (χ1) is 10.1. The maximum absolute atomic E-state index is 10.3. The molecule has 0 aliphatic carbocycles. The summed E-state index contributed by atoms with van der Waals surface area (Å²) in [4.78, 5) is 0. The summed E-state index contributed by atoms with van der Waals surface area (Å²) in [5, 5.41) is 0. The van der Waals surface area contributed by atoms with Crippen LogP contribution in [0, 0.1) is 0 Å². The Kier molecular flexibility index (Phi) is 9.21. The standard InChI is InChI=1S/C15H25NO4S/c17-21(18,19)20-15-11-6-4-2-1-3-5-8-12-16-13-9-7-10-14-16/h7,9-10,13-14H,1-6,8,11-12,15H2/p+1. The van der Waals surface area contributed by atoms with Gasteiger partial charge in [-0.15, -0.1) is 0 Å². The van der Waals surface area contributed by atoms with Gasteiger partial charge in [0.15, 0.2) is 12.4 Å². The van der Waals surface area contributed by atoms with Crippen molar-refractivity contribution >= 4 is 10.4 Å². The predicted octanol–water partition coefficient (Wildman–Crippen LogP) is 2.91. The zero-order valence-corrected chi connectivity index (χ0v) is 13.3. The zero-order chi connectivity index (χ0) is 15.4. The van der Waals surface area contributed by atoms with Crippen LogP contribution >= 0.6 is 0 Å². The maximum Gasteiger partial charge on any atom is 0.397 e. The first-order valence-corrected chi connectivity index (χ1v) is 9.00. The summed E-state index contributed by atoms with van der Waals surface area (Å²) in [7, 11) is -4.26. The lowest BCUT2D eigenvalue weighted by Crippen LogP contribution is -2.32. The van der Waals surface area contributed by atoms with Crippen molar-refractivity contribution in [2.45, 2.75) is 57.9 Å². The van der Waals surface area contributed by atoms with Crippen molar-refractivity contribution in [3.05, 3.63) is 30.6 Å². The second-order valence-corrected chi connectivity index (χ2v) is 6.28. The number of aryl methyl sites for hydroxylation is 1. The summed E-state index contributed by atoms with van der Waals surface area (Å²) >= 11 is 0. The normalized spacial score (nSPS) is 11.7. The van der Waals surface area contributed by atoms with Gasteiger partial charge in [-0.05, 0) is 12.8 Å². The lowest BCUT2D eigenvalue weighted by molar-refractivity contribution is -0.697. The van der Waals surface area contributed by atoms with Crippen LogP contribution in [0.1, 0.15) is 51.4 Å². The Bertz CT molecular complexity index is 462. The smallest absolute Gasteiger partial charge is 0.264 e. The van der Waals surface area contributed by atoms with Crippen LogP contribution in [0.3, 0.4) is 0 Å². The fourth-order valence-electron chi connectivity index (χ4n) is 2.20. The molecule has 0 radical (unpaired) electrons. The number of rotatable bonds is 12. The molecule has 1 rings (SSSR count). The Balaban J connectivity index is 1.83. The van der Waals surface area contributed by atoms with Gasteiger partial charge in [-0.2, -0.15) is 8.42 Å². The third-order valence-corrected chi connectivity index (χ3v) is 3.78. The molecule has 0 bridgehead atoms. The molecule has 0 atom stereocenters. The minimum absolute atomic E-state index is 0.0765. The SMILES string of the molecule is O=S(=O)(O)OCCCCCCCCCC[n+]1ccccc1. The molecule has 0 saturated heterocycles. The largest absolute Gasteiger partial charge is 0.397 e. The molecule has 0 aliphatic rings. The van der Waals surface area contributed by atoms with E-state index >= 15 is 0 Å². The highest BCUT2D eigenvalue weighted by atomic mass is 32.3. The summed E-state index contributed by atoms with van der Waals surface area (Å²) in [6, 6.07) is 6.12. The van der Waals surface area contributed by atoms with Crippen LogP contribution in [0.4, 0.5) is 0 Å². The fourth-order valence-corrected chi connectivity index (χ4v) is 2.53. The first kappa shape index (κ1) is 18.1. The van der Waals surface area contributed by atoms with Gasteiger partial charge in [0.2, 0.25) is 0 Å². The predicted molar refractivity (Wildman–Crippen MR) is 81.1 cm³/mol. The van der Waals surface area contributed by atoms with E-state index in [0.717, 1.165) is 19.4 Å². The molecule has 6 heteroatoms. The number of pyridine rings is 1. The van der Waals surface area contributed by atoms with Gasteiger partial charge < -0.3 is 0 Å². The van der Waals surface area contributed by atoms with Crippen LogP contribution < -0.4 is 4.57 Å². The van der Waals surface area contributed by atoms with Gasteiger partial charge in [-0.1, -0.05) is 38.2 Å². The number of hydrogen-bond donors (Lipinski definition) is 1. The molecule has 21 heavy (non-hydrogen) atoms. The van der Waals surface area contributed by atoms with Crippen LogP contribution in [-0.2, 0) is 21.1 Å². The van der Waals surface area contributed by atoms with Crippen molar-refractivity contribution in [1.29, 1.82) is 0 Å². The van der Waals surface area contributed by atoms with Gasteiger partial charge >= 0.3 is 10.4 Å². The average Bonchev–Trinajstić information content (AvgIpc) is 2.44. The number of hydrogen-bond acceptors (Lipinski definition) is 3. The lowest BCUT2D eigenvalue weighted by atomic mass is 10.1. The van der Waals surface area contributed by atoms with Crippen LogP contribution in [0.25, 0.3) is 0 Å². The molecule has 0 fully saturated rings. The molecule has 0 aliphatic heterocycles. The first-order valence-electron chi connectivity index (χ1n) is 7.64. The minimum Gasteiger partial charge on any atom is -0.264 e. The molecule has 1 N–H and O–H groups in total. The summed E-state index contributed by atoms with van der Waals surface area (Å²) in [5.74, 6) is 0. The van der Waals surface area contributed by atoms with Crippen molar-refractivity contribution in [3.63, 3.8) is 0 Å². The van der Waals surface area contributed by atoms with Crippen molar-refractivity contribution in [3.8, 4) is 0 Å². The second kappa shape index (κ2) is 10.7. The van der Waals surface area contributed by atoms with Gasteiger partial charge in [0.1, 0.15) is 6.54 Å². The lowest BCUT2D eigenvalue weighted by Gasteiger charge is -2.02.